The molecule has 0 aliphatic heterocycles. The van der Waals surface area contributed by atoms with Crippen LogP contribution < -0.4 is 5.32 Å². The number of aromatic nitrogens is 3. The summed E-state index contributed by atoms with van der Waals surface area (Å²) in [5.41, 5.74) is 0. The van der Waals surface area contributed by atoms with Crippen LogP contribution in [0.5, 0.6) is 0 Å². The SMILES string of the molecule is CCc1nc(C(=O)N[C@H](CC)CO)n[nH]1. The second kappa shape index (κ2) is 5.45. The van der Waals surface area contributed by atoms with Crippen molar-refractivity contribution in [3.05, 3.63) is 11.6 Å². The highest BCUT2D eigenvalue weighted by Crippen LogP contribution is 1.96. The molecule has 0 unspecified atom stereocenters. The molecule has 0 aliphatic rings. The van der Waals surface area contributed by atoms with Gasteiger partial charge in [-0.25, -0.2) is 4.98 Å². The van der Waals surface area contributed by atoms with Crippen LogP contribution in [0.2, 0.25) is 0 Å². The molecule has 1 aromatic heterocycles. The topological polar surface area (TPSA) is 90.9 Å². The minimum atomic E-state index is -0.355. The van der Waals surface area contributed by atoms with Gasteiger partial charge in [0.15, 0.2) is 0 Å². The zero-order chi connectivity index (χ0) is 11.3. The molecule has 6 heteroatoms. The second-order valence-corrected chi connectivity index (χ2v) is 3.22. The van der Waals surface area contributed by atoms with Gasteiger partial charge >= 0.3 is 0 Å². The lowest BCUT2D eigenvalue weighted by molar-refractivity contribution is 0.0904. The van der Waals surface area contributed by atoms with Crippen molar-refractivity contribution in [2.75, 3.05) is 6.61 Å². The van der Waals surface area contributed by atoms with Crippen molar-refractivity contribution in [2.24, 2.45) is 0 Å². The number of carbonyl (C=O) groups excluding carboxylic acids is 1. The zero-order valence-corrected chi connectivity index (χ0v) is 8.95. The van der Waals surface area contributed by atoms with Crippen LogP contribution >= 0.6 is 0 Å². The maximum absolute atomic E-state index is 11.5. The number of rotatable bonds is 5. The summed E-state index contributed by atoms with van der Waals surface area (Å²) >= 11 is 0. The number of amides is 1. The highest BCUT2D eigenvalue weighted by Gasteiger charge is 2.15. The van der Waals surface area contributed by atoms with E-state index in [0.717, 1.165) is 0 Å². The Bertz CT molecular complexity index is 320. The van der Waals surface area contributed by atoms with Gasteiger partial charge in [-0.1, -0.05) is 13.8 Å². The van der Waals surface area contributed by atoms with Gasteiger partial charge in [0.05, 0.1) is 12.6 Å². The molecule has 1 aromatic rings. The van der Waals surface area contributed by atoms with Crippen LogP contribution in [0.4, 0.5) is 0 Å². The van der Waals surface area contributed by atoms with Gasteiger partial charge < -0.3 is 10.4 Å². The third-order valence-electron chi connectivity index (χ3n) is 2.12. The molecule has 1 atom stereocenters. The number of nitrogens with zero attached hydrogens (tertiary/aromatic N) is 2. The fourth-order valence-electron chi connectivity index (χ4n) is 1.08. The predicted octanol–water partition coefficient (Wildman–Crippen LogP) is -0.132. The van der Waals surface area contributed by atoms with Crippen LogP contribution in [0.15, 0.2) is 0 Å². The lowest BCUT2D eigenvalue weighted by atomic mass is 10.2. The third-order valence-corrected chi connectivity index (χ3v) is 2.12. The third kappa shape index (κ3) is 3.02. The highest BCUT2D eigenvalue weighted by atomic mass is 16.3. The van der Waals surface area contributed by atoms with Crippen molar-refractivity contribution in [1.82, 2.24) is 20.5 Å². The number of nitrogens with one attached hydrogen (secondary N) is 2. The molecular formula is C9H16N4O2. The molecule has 1 rings (SSSR count). The first-order valence-electron chi connectivity index (χ1n) is 5.04. The number of hydrogen-bond acceptors (Lipinski definition) is 4. The Labute approximate surface area is 88.1 Å². The van der Waals surface area contributed by atoms with E-state index in [1.807, 2.05) is 13.8 Å². The minimum Gasteiger partial charge on any atom is -0.394 e. The van der Waals surface area contributed by atoms with Crippen LogP contribution in [-0.4, -0.2) is 38.8 Å². The van der Waals surface area contributed by atoms with E-state index < -0.39 is 0 Å². The Balaban J connectivity index is 2.60. The Morgan fingerprint density at radius 1 is 1.60 bits per heavy atom. The largest absolute Gasteiger partial charge is 0.394 e. The number of hydrogen-bond donors (Lipinski definition) is 3. The molecule has 84 valence electrons. The molecule has 0 radical (unpaired) electrons. The Hall–Kier alpha value is -1.43. The van der Waals surface area contributed by atoms with Crippen molar-refractivity contribution >= 4 is 5.91 Å². The zero-order valence-electron chi connectivity index (χ0n) is 8.95. The number of aliphatic hydroxyl groups is 1. The van der Waals surface area contributed by atoms with E-state index in [1.54, 1.807) is 0 Å². The van der Waals surface area contributed by atoms with Crippen LogP contribution in [-0.2, 0) is 6.42 Å². The van der Waals surface area contributed by atoms with Gasteiger partial charge in [-0.05, 0) is 6.42 Å². The molecule has 0 aliphatic carbocycles. The van der Waals surface area contributed by atoms with E-state index >= 15 is 0 Å². The number of aryl methyl sites for hydroxylation is 1. The first-order chi connectivity index (χ1) is 7.21. The lowest BCUT2D eigenvalue weighted by Crippen LogP contribution is -2.37. The lowest BCUT2D eigenvalue weighted by Gasteiger charge is -2.11. The fourth-order valence-corrected chi connectivity index (χ4v) is 1.08. The van der Waals surface area contributed by atoms with Crippen molar-refractivity contribution in [1.29, 1.82) is 0 Å². The molecule has 3 N–H and O–H groups in total. The molecule has 0 fully saturated rings. The molecule has 0 saturated heterocycles. The summed E-state index contributed by atoms with van der Waals surface area (Å²) < 4.78 is 0. The standard InChI is InChI=1S/C9H16N4O2/c1-3-6(5-14)10-9(15)8-11-7(4-2)12-13-8/h6,14H,3-5H2,1-2H3,(H,10,15)(H,11,12,13)/t6-/m1/s1. The summed E-state index contributed by atoms with van der Waals surface area (Å²) in [7, 11) is 0. The maximum atomic E-state index is 11.5. The van der Waals surface area contributed by atoms with Crippen molar-refractivity contribution in [3.8, 4) is 0 Å². The highest BCUT2D eigenvalue weighted by molar-refractivity contribution is 5.90. The summed E-state index contributed by atoms with van der Waals surface area (Å²) in [5.74, 6) is 0.447. The van der Waals surface area contributed by atoms with Gasteiger partial charge in [-0.15, -0.1) is 5.10 Å². The quantitative estimate of drug-likeness (QED) is 0.634. The first-order valence-corrected chi connectivity index (χ1v) is 5.04. The van der Waals surface area contributed by atoms with Gasteiger partial charge in [0.25, 0.3) is 5.91 Å². The Kier molecular flexibility index (Phi) is 4.23. The number of carbonyl (C=O) groups is 1. The molecule has 0 saturated carbocycles. The summed E-state index contributed by atoms with van der Waals surface area (Å²) in [5, 5.41) is 18.0. The van der Waals surface area contributed by atoms with E-state index in [4.69, 9.17) is 5.11 Å². The summed E-state index contributed by atoms with van der Waals surface area (Å²) in [4.78, 5) is 15.5. The predicted molar refractivity (Wildman–Crippen MR) is 54.4 cm³/mol. The van der Waals surface area contributed by atoms with E-state index in [1.165, 1.54) is 0 Å². The summed E-state index contributed by atoms with van der Waals surface area (Å²) in [6.45, 7) is 3.73. The van der Waals surface area contributed by atoms with E-state index in [9.17, 15) is 4.79 Å². The van der Waals surface area contributed by atoms with Gasteiger partial charge in [0.1, 0.15) is 5.82 Å². The second-order valence-electron chi connectivity index (χ2n) is 3.22. The van der Waals surface area contributed by atoms with Crippen molar-refractivity contribution in [3.63, 3.8) is 0 Å². The maximum Gasteiger partial charge on any atom is 0.291 e. The van der Waals surface area contributed by atoms with Crippen molar-refractivity contribution < 1.29 is 9.90 Å². The summed E-state index contributed by atoms with van der Waals surface area (Å²) in [6.07, 6.45) is 1.38. The molecule has 0 aromatic carbocycles. The average Bonchev–Trinajstić information content (AvgIpc) is 2.74. The Morgan fingerprint density at radius 3 is 2.80 bits per heavy atom. The van der Waals surface area contributed by atoms with Crippen LogP contribution in [0, 0.1) is 0 Å². The molecule has 0 bridgehead atoms. The molecule has 1 amide bonds. The van der Waals surface area contributed by atoms with Gasteiger partial charge in [0, 0.05) is 6.42 Å². The van der Waals surface area contributed by atoms with E-state index in [0.29, 0.717) is 18.7 Å². The van der Waals surface area contributed by atoms with Gasteiger partial charge in [-0.3, -0.25) is 9.89 Å². The van der Waals surface area contributed by atoms with E-state index in [2.05, 4.69) is 20.5 Å². The number of aromatic amines is 1. The average molecular weight is 212 g/mol. The monoisotopic (exact) mass is 212 g/mol. The summed E-state index contributed by atoms with van der Waals surface area (Å²) in [6, 6.07) is -0.235. The smallest absolute Gasteiger partial charge is 0.291 e. The molecular weight excluding hydrogens is 196 g/mol. The normalized spacial score (nSPS) is 12.5. The van der Waals surface area contributed by atoms with Gasteiger partial charge in [-0.2, -0.15) is 0 Å². The van der Waals surface area contributed by atoms with Crippen LogP contribution in [0.25, 0.3) is 0 Å². The number of aliphatic hydroxyl groups excluding tert-OH is 1. The molecule has 0 spiro atoms. The van der Waals surface area contributed by atoms with E-state index in [-0.39, 0.29) is 24.4 Å². The van der Waals surface area contributed by atoms with Crippen molar-refractivity contribution in [2.45, 2.75) is 32.7 Å². The Morgan fingerprint density at radius 2 is 2.33 bits per heavy atom. The van der Waals surface area contributed by atoms with Crippen LogP contribution in [0.3, 0.4) is 0 Å². The first kappa shape index (κ1) is 11.6. The van der Waals surface area contributed by atoms with Crippen LogP contribution in [0.1, 0.15) is 36.7 Å². The molecule has 1 heterocycles. The molecule has 6 nitrogen and oxygen atoms in total. The minimum absolute atomic E-state index is 0.0761. The van der Waals surface area contributed by atoms with Gasteiger partial charge in [0.2, 0.25) is 5.82 Å². The molecule has 15 heavy (non-hydrogen) atoms. The number of H-pyrrole nitrogens is 1. The fraction of sp³-hybridized carbons (Fsp3) is 0.667.